The zero-order chi connectivity index (χ0) is 21.7. The molecule has 2 aromatic rings. The molecule has 0 spiro atoms. The lowest BCUT2D eigenvalue weighted by Gasteiger charge is -2.34. The summed E-state index contributed by atoms with van der Waals surface area (Å²) >= 11 is 9.10. The minimum Gasteiger partial charge on any atom is -0.375 e. The van der Waals surface area contributed by atoms with Gasteiger partial charge in [0.2, 0.25) is 0 Å². The van der Waals surface area contributed by atoms with Crippen LogP contribution >= 0.6 is 28.1 Å². The van der Waals surface area contributed by atoms with Crippen LogP contribution in [0.4, 0.5) is 13.2 Å². The van der Waals surface area contributed by atoms with Crippen molar-refractivity contribution < 1.29 is 13.2 Å². The highest BCUT2D eigenvalue weighted by Gasteiger charge is 2.31. The average molecular weight is 499 g/mol. The van der Waals surface area contributed by atoms with Gasteiger partial charge in [0.05, 0.1) is 10.6 Å². The van der Waals surface area contributed by atoms with E-state index in [1.165, 1.54) is 17.7 Å². The number of thiocarbonyl (C=S) groups is 1. The molecule has 1 aliphatic carbocycles. The van der Waals surface area contributed by atoms with Crippen LogP contribution in [-0.4, -0.2) is 17.1 Å². The molecule has 0 heterocycles. The molecule has 1 saturated carbocycles. The third-order valence-electron chi connectivity index (χ3n) is 5.45. The lowest BCUT2D eigenvalue weighted by atomic mass is 9.90. The maximum atomic E-state index is 13.1. The molecule has 1 aliphatic rings. The molecule has 0 saturated heterocycles. The third kappa shape index (κ3) is 6.53. The lowest BCUT2D eigenvalue weighted by Crippen LogP contribution is -2.51. The Balaban J connectivity index is 1.61. The number of hydrogen-bond donors (Lipinski definition) is 2. The maximum Gasteiger partial charge on any atom is 0.416 e. The summed E-state index contributed by atoms with van der Waals surface area (Å²) in [6, 6.07) is 12.7. The predicted octanol–water partition coefficient (Wildman–Crippen LogP) is 6.34. The molecule has 7 heteroatoms. The maximum absolute atomic E-state index is 13.1. The molecule has 2 atom stereocenters. The number of hydrogen-bond acceptors (Lipinski definition) is 2. The van der Waals surface area contributed by atoms with Gasteiger partial charge >= 0.3 is 6.18 Å². The molecule has 0 unspecified atom stereocenters. The minimum atomic E-state index is -4.35. The van der Waals surface area contributed by atoms with Gasteiger partial charge in [-0.1, -0.05) is 70.8 Å². The van der Waals surface area contributed by atoms with Gasteiger partial charge in [0.25, 0.3) is 0 Å². The van der Waals surface area contributed by atoms with E-state index in [1.54, 1.807) is 13.0 Å². The Morgan fingerprint density at radius 2 is 1.80 bits per heavy atom. The van der Waals surface area contributed by atoms with Gasteiger partial charge in [-0.2, -0.15) is 13.2 Å². The third-order valence-corrected chi connectivity index (χ3v) is 6.49. The van der Waals surface area contributed by atoms with Gasteiger partial charge in [0.1, 0.15) is 0 Å². The first-order valence-electron chi connectivity index (χ1n) is 10.2. The van der Waals surface area contributed by atoms with Crippen molar-refractivity contribution in [1.29, 1.82) is 0 Å². The van der Waals surface area contributed by atoms with Crippen LogP contribution in [0.1, 0.15) is 47.9 Å². The van der Waals surface area contributed by atoms with Crippen molar-refractivity contribution in [3.63, 3.8) is 0 Å². The summed E-state index contributed by atoms with van der Waals surface area (Å²) in [5, 5.41) is 7.06. The highest BCUT2D eigenvalue weighted by atomic mass is 79.9. The van der Waals surface area contributed by atoms with Crippen LogP contribution in [0.5, 0.6) is 0 Å². The van der Waals surface area contributed by atoms with Crippen LogP contribution < -0.4 is 10.6 Å². The minimum absolute atomic E-state index is 0.181. The van der Waals surface area contributed by atoms with Gasteiger partial charge in [-0.25, -0.2) is 0 Å². The largest absolute Gasteiger partial charge is 0.416 e. The van der Waals surface area contributed by atoms with Crippen LogP contribution in [0.3, 0.4) is 0 Å². The molecule has 0 aliphatic heterocycles. The molecule has 0 amide bonds. The lowest BCUT2D eigenvalue weighted by molar-refractivity contribution is -0.137. The number of benzene rings is 2. The Kier molecular flexibility index (Phi) is 7.93. The molecule has 2 nitrogen and oxygen atoms in total. The van der Waals surface area contributed by atoms with E-state index in [0.717, 1.165) is 36.7 Å². The van der Waals surface area contributed by atoms with Crippen LogP contribution in [-0.2, 0) is 19.1 Å². The van der Waals surface area contributed by atoms with Crippen molar-refractivity contribution in [3.05, 3.63) is 69.2 Å². The topological polar surface area (TPSA) is 24.1 Å². The number of aryl methyl sites for hydroxylation is 1. The Morgan fingerprint density at radius 3 is 2.50 bits per heavy atom. The van der Waals surface area contributed by atoms with E-state index in [4.69, 9.17) is 12.2 Å². The Morgan fingerprint density at radius 1 is 1.10 bits per heavy atom. The summed E-state index contributed by atoms with van der Waals surface area (Å²) in [7, 11) is 0. The zero-order valence-electron chi connectivity index (χ0n) is 16.9. The zero-order valence-corrected chi connectivity index (χ0v) is 19.3. The standard InChI is InChI=1S/C23H26BrF3N2S/c1-15-10-16(12-18(11-15)23(25,26)27)13-22(30)29-21-9-5-4-8-20(21)28-14-17-6-2-3-7-19(17)24/h2-3,6-7,10-12,20-21,28H,4-5,8-9,13-14H2,1H3,(H,29,30)/t20-,21-/m1/s1. The Labute approximate surface area is 189 Å². The van der Waals surface area contributed by atoms with E-state index >= 15 is 0 Å². The quantitative estimate of drug-likeness (QED) is 0.454. The van der Waals surface area contributed by atoms with E-state index in [2.05, 4.69) is 32.6 Å². The highest BCUT2D eigenvalue weighted by Crippen LogP contribution is 2.31. The van der Waals surface area contributed by atoms with Gasteiger partial charge in [-0.3, -0.25) is 0 Å². The van der Waals surface area contributed by atoms with Gasteiger partial charge < -0.3 is 10.6 Å². The SMILES string of the molecule is Cc1cc(CC(=S)N[C@@H]2CCCC[C@H]2NCc2ccccc2Br)cc(C(F)(F)F)c1. The summed E-state index contributed by atoms with van der Waals surface area (Å²) in [5.74, 6) is 0. The average Bonchev–Trinajstić information content (AvgIpc) is 2.67. The fourth-order valence-electron chi connectivity index (χ4n) is 4.00. The fraction of sp³-hybridized carbons (Fsp3) is 0.435. The van der Waals surface area contributed by atoms with Gasteiger partial charge in [-0.05, 0) is 49.1 Å². The van der Waals surface area contributed by atoms with E-state index in [-0.39, 0.29) is 12.1 Å². The fourth-order valence-corrected chi connectivity index (χ4v) is 4.75. The Bertz CT molecular complexity index is 885. The van der Waals surface area contributed by atoms with E-state index in [9.17, 15) is 13.2 Å². The molecule has 3 rings (SSSR count). The predicted molar refractivity (Wildman–Crippen MR) is 123 cm³/mol. The van der Waals surface area contributed by atoms with Gasteiger partial charge in [-0.15, -0.1) is 0 Å². The number of halogens is 4. The first kappa shape index (κ1) is 23.2. The monoisotopic (exact) mass is 498 g/mol. The molecule has 0 radical (unpaired) electrons. The second-order valence-corrected chi connectivity index (χ2v) is 9.27. The van der Waals surface area contributed by atoms with Gasteiger partial charge in [0, 0.05) is 29.5 Å². The summed E-state index contributed by atoms with van der Waals surface area (Å²) in [5.41, 5.74) is 1.76. The van der Waals surface area contributed by atoms with Crippen molar-refractivity contribution in [1.82, 2.24) is 10.6 Å². The molecule has 162 valence electrons. The van der Waals surface area contributed by atoms with Crippen molar-refractivity contribution in [3.8, 4) is 0 Å². The molecule has 2 N–H and O–H groups in total. The molecule has 30 heavy (non-hydrogen) atoms. The smallest absolute Gasteiger partial charge is 0.375 e. The van der Waals surface area contributed by atoms with Crippen molar-refractivity contribution in [2.45, 2.75) is 63.8 Å². The molecule has 2 aromatic carbocycles. The summed E-state index contributed by atoms with van der Waals surface area (Å²) < 4.78 is 40.4. The number of nitrogens with one attached hydrogen (secondary N) is 2. The Hall–Kier alpha value is -1.44. The number of rotatable bonds is 6. The number of alkyl halides is 3. The molecule has 0 aromatic heterocycles. The van der Waals surface area contributed by atoms with Crippen LogP contribution in [0.15, 0.2) is 46.9 Å². The second-order valence-electron chi connectivity index (χ2n) is 7.92. The van der Waals surface area contributed by atoms with Crippen molar-refractivity contribution >= 4 is 33.1 Å². The highest BCUT2D eigenvalue weighted by molar-refractivity contribution is 9.10. The van der Waals surface area contributed by atoms with E-state index in [0.29, 0.717) is 22.5 Å². The van der Waals surface area contributed by atoms with Crippen molar-refractivity contribution in [2.24, 2.45) is 0 Å². The first-order valence-corrected chi connectivity index (χ1v) is 11.4. The molecule has 1 fully saturated rings. The van der Waals surface area contributed by atoms with Gasteiger partial charge in [0.15, 0.2) is 0 Å². The summed E-state index contributed by atoms with van der Waals surface area (Å²) in [4.78, 5) is 0.591. The first-order chi connectivity index (χ1) is 14.2. The molecule has 0 bridgehead atoms. The normalized spacial score (nSPS) is 19.5. The molecular weight excluding hydrogens is 473 g/mol. The summed E-state index contributed by atoms with van der Waals surface area (Å²) in [6.07, 6.45) is 0.289. The van der Waals surface area contributed by atoms with E-state index in [1.807, 2.05) is 18.2 Å². The van der Waals surface area contributed by atoms with Crippen LogP contribution in [0, 0.1) is 6.92 Å². The van der Waals surface area contributed by atoms with Crippen LogP contribution in [0.2, 0.25) is 0 Å². The van der Waals surface area contributed by atoms with E-state index < -0.39 is 11.7 Å². The van der Waals surface area contributed by atoms with Crippen LogP contribution in [0.25, 0.3) is 0 Å². The second kappa shape index (κ2) is 10.2. The molecular formula is C23H26BrF3N2S. The van der Waals surface area contributed by atoms with Crippen molar-refractivity contribution in [2.75, 3.05) is 0 Å². The summed E-state index contributed by atoms with van der Waals surface area (Å²) in [6.45, 7) is 2.43.